The molecule has 2 N–H and O–H groups in total. The maximum Gasteiger partial charge on any atom is 0.410 e. The Morgan fingerprint density at radius 2 is 1.41 bits per heavy atom. The quantitative estimate of drug-likeness (QED) is 0.0931. The molecule has 1 fully saturated rings. The summed E-state index contributed by atoms with van der Waals surface area (Å²) >= 11 is 0. The number of benzene rings is 2. The zero-order chi connectivity index (χ0) is 51.7. The summed E-state index contributed by atoms with van der Waals surface area (Å²) in [5.41, 5.74) is 2.18. The van der Waals surface area contributed by atoms with E-state index in [1.807, 2.05) is 71.9 Å². The van der Waals surface area contributed by atoms with Crippen molar-refractivity contribution in [2.75, 3.05) is 47.3 Å². The predicted molar refractivity (Wildman–Crippen MR) is 265 cm³/mol. The van der Waals surface area contributed by atoms with Crippen LogP contribution in [-0.4, -0.2) is 135 Å². The molecule has 9 atom stereocenters. The monoisotopic (exact) mass is 964 g/mol. The topological polar surface area (TPSA) is 190 Å². The average Bonchev–Trinajstić information content (AvgIpc) is 3.81. The summed E-state index contributed by atoms with van der Waals surface area (Å²) in [6, 6.07) is 13.5. The second-order valence-corrected chi connectivity index (χ2v) is 19.6. The highest BCUT2D eigenvalue weighted by Gasteiger charge is 2.44. The summed E-state index contributed by atoms with van der Waals surface area (Å²) in [6.45, 7) is 17.2. The van der Waals surface area contributed by atoms with Crippen LogP contribution in [0.5, 0.6) is 0 Å². The fourth-order valence-electron chi connectivity index (χ4n) is 9.37. The molecule has 0 saturated carbocycles. The lowest BCUT2D eigenvalue weighted by Crippen LogP contribution is -2.55. The van der Waals surface area contributed by atoms with Crippen molar-refractivity contribution in [3.63, 3.8) is 0 Å². The van der Waals surface area contributed by atoms with E-state index in [1.54, 1.807) is 61.9 Å². The van der Waals surface area contributed by atoms with Gasteiger partial charge in [-0.05, 0) is 53.9 Å². The number of esters is 1. The van der Waals surface area contributed by atoms with E-state index in [2.05, 4.69) is 10.6 Å². The molecule has 69 heavy (non-hydrogen) atoms. The van der Waals surface area contributed by atoms with Crippen molar-refractivity contribution in [3.8, 4) is 0 Å². The molecule has 0 spiro atoms. The lowest BCUT2D eigenvalue weighted by molar-refractivity contribution is -0.150. The molecule has 1 heterocycles. The normalized spacial score (nSPS) is 17.2. The zero-order valence-corrected chi connectivity index (χ0v) is 43.6. The number of hydrogen-bond acceptors (Lipinski definition) is 11. The van der Waals surface area contributed by atoms with Gasteiger partial charge in [0.1, 0.15) is 12.6 Å². The van der Waals surface area contributed by atoms with Crippen molar-refractivity contribution in [1.29, 1.82) is 0 Å². The van der Waals surface area contributed by atoms with Gasteiger partial charge in [0, 0.05) is 65.2 Å². The summed E-state index contributed by atoms with van der Waals surface area (Å²) in [4.78, 5) is 100. The number of likely N-dealkylation sites (tertiary alicyclic amines) is 1. The highest BCUT2D eigenvalue weighted by molar-refractivity contribution is 5.93. The van der Waals surface area contributed by atoms with Gasteiger partial charge in [-0.3, -0.25) is 24.0 Å². The van der Waals surface area contributed by atoms with Crippen molar-refractivity contribution < 1.29 is 52.5 Å². The largest absolute Gasteiger partial charge is 0.467 e. The summed E-state index contributed by atoms with van der Waals surface area (Å²) in [7, 11) is 7.54. The van der Waals surface area contributed by atoms with Crippen molar-refractivity contribution >= 4 is 47.2 Å². The van der Waals surface area contributed by atoms with E-state index in [0.29, 0.717) is 37.1 Å². The molecule has 384 valence electrons. The van der Waals surface area contributed by atoms with Gasteiger partial charge in [0.05, 0.1) is 49.8 Å². The number of anilines is 1. The number of rotatable bonds is 26. The van der Waals surface area contributed by atoms with Crippen LogP contribution in [0.2, 0.25) is 0 Å². The van der Waals surface area contributed by atoms with E-state index < -0.39 is 66.2 Å². The van der Waals surface area contributed by atoms with Crippen molar-refractivity contribution in [2.24, 2.45) is 35.5 Å². The first-order chi connectivity index (χ1) is 32.6. The van der Waals surface area contributed by atoms with Crippen LogP contribution in [0, 0.1) is 35.5 Å². The smallest absolute Gasteiger partial charge is 0.410 e. The maximum atomic E-state index is 14.7. The lowest BCUT2D eigenvalue weighted by Gasteiger charge is -2.41. The molecule has 1 saturated heterocycles. The molecular weight excluding hydrogens is 883 g/mol. The summed E-state index contributed by atoms with van der Waals surface area (Å²) in [5.74, 6) is -4.14. The molecule has 0 aliphatic carbocycles. The van der Waals surface area contributed by atoms with Gasteiger partial charge in [-0.25, -0.2) is 9.59 Å². The average molecular weight is 964 g/mol. The van der Waals surface area contributed by atoms with E-state index in [1.165, 1.54) is 33.3 Å². The number of likely N-dealkylation sites (N-methyl/N-ethyl adjacent to an activating group) is 2. The molecule has 2 aromatic carbocycles. The first kappa shape index (κ1) is 58.0. The fourth-order valence-corrected chi connectivity index (χ4v) is 9.37. The summed E-state index contributed by atoms with van der Waals surface area (Å²) in [6.07, 6.45) is -0.0657. The molecule has 16 heteroatoms. The van der Waals surface area contributed by atoms with Crippen LogP contribution in [0.3, 0.4) is 0 Å². The van der Waals surface area contributed by atoms with Crippen LogP contribution in [-0.2, 0) is 60.7 Å². The number of ketones is 1. The molecule has 3 rings (SSSR count). The Morgan fingerprint density at radius 3 is 1.94 bits per heavy atom. The van der Waals surface area contributed by atoms with Gasteiger partial charge in [0.15, 0.2) is 5.78 Å². The third kappa shape index (κ3) is 16.1. The Labute approximate surface area is 410 Å². The number of carbonyl (C=O) groups excluding carboxylic acids is 7. The van der Waals surface area contributed by atoms with Gasteiger partial charge in [0.2, 0.25) is 23.6 Å². The molecule has 1 aliphatic rings. The van der Waals surface area contributed by atoms with Gasteiger partial charge in [-0.1, -0.05) is 111 Å². The minimum atomic E-state index is -0.921. The first-order valence-corrected chi connectivity index (χ1v) is 24.5. The van der Waals surface area contributed by atoms with Gasteiger partial charge >= 0.3 is 12.1 Å². The Morgan fingerprint density at radius 1 is 0.768 bits per heavy atom. The number of nitrogens with one attached hydrogen (secondary N) is 2. The molecule has 16 nitrogen and oxygen atoms in total. The molecule has 0 radical (unpaired) electrons. The van der Waals surface area contributed by atoms with E-state index in [0.717, 1.165) is 5.56 Å². The van der Waals surface area contributed by atoms with E-state index in [9.17, 15) is 33.6 Å². The zero-order valence-electron chi connectivity index (χ0n) is 43.6. The van der Waals surface area contributed by atoms with Gasteiger partial charge in [0.25, 0.3) is 0 Å². The minimum Gasteiger partial charge on any atom is -0.467 e. The fraction of sp³-hybridized carbons (Fsp3) is 0.642. The van der Waals surface area contributed by atoms with Crippen LogP contribution in [0.1, 0.15) is 106 Å². The number of methoxy groups -OCH3 is 3. The molecule has 1 aliphatic heterocycles. The third-order valence-corrected chi connectivity index (χ3v) is 13.7. The number of hydrogen-bond donors (Lipinski definition) is 2. The van der Waals surface area contributed by atoms with E-state index >= 15 is 0 Å². The van der Waals surface area contributed by atoms with Crippen LogP contribution >= 0.6 is 0 Å². The number of nitrogens with zero attached hydrogens (tertiary/aromatic N) is 3. The standard InChI is InChI=1S/C53H81N5O11/c1-15-35(8)47(44(66-12)30-45(60)58-27-19-22-42(58)48(67-13)36(9)50(62)55-41(52(64)68-14)28-37-20-17-16-18-21-37)56(10)51(63)40(32(2)3)29-43(59)46(33(4)5)57(11)53(65)69-31-38-23-25-39(26-24-38)54-49(61)34(6)7/h16-18,20-21,23-26,32-36,40-42,44,46-48H,15,19,22,27-31H2,1-14H3,(H,54,61)(H,55,62)/t35-,36+,40-,41-,42-,44+,46-,47-,48+/m0/s1. The molecular formula is C53H81N5O11. The summed E-state index contributed by atoms with van der Waals surface area (Å²) in [5, 5.41) is 5.69. The second kappa shape index (κ2) is 27.7. The van der Waals surface area contributed by atoms with Gasteiger partial charge in [-0.2, -0.15) is 0 Å². The molecule has 5 amide bonds. The predicted octanol–water partition coefficient (Wildman–Crippen LogP) is 6.93. The maximum absolute atomic E-state index is 14.7. The molecule has 0 bridgehead atoms. The molecule has 0 unspecified atom stereocenters. The van der Waals surface area contributed by atoms with Crippen LogP contribution in [0.15, 0.2) is 54.6 Å². The van der Waals surface area contributed by atoms with Gasteiger partial charge < -0.3 is 44.3 Å². The van der Waals surface area contributed by atoms with E-state index in [4.69, 9.17) is 18.9 Å². The van der Waals surface area contributed by atoms with Gasteiger partial charge in [-0.15, -0.1) is 0 Å². The SMILES string of the molecule is CC[C@H](C)[C@@H]([C@@H](CC(=O)N1CCC[C@H]1[C@H](OC)[C@@H](C)C(=O)N[C@@H](Cc1ccccc1)C(=O)OC)OC)N(C)C(=O)[C@@H](CC(=O)[C@H](C(C)C)N(C)C(=O)OCc1ccc(NC(=O)C(C)C)cc1)C(C)C. The Bertz CT molecular complexity index is 1990. The Balaban J connectivity index is 1.75. The van der Waals surface area contributed by atoms with Crippen LogP contribution in [0.25, 0.3) is 0 Å². The van der Waals surface area contributed by atoms with Crippen LogP contribution < -0.4 is 10.6 Å². The number of carbonyl (C=O) groups is 7. The molecule has 2 aromatic rings. The highest BCUT2D eigenvalue weighted by atomic mass is 16.6. The third-order valence-electron chi connectivity index (χ3n) is 13.7. The van der Waals surface area contributed by atoms with E-state index in [-0.39, 0.29) is 73.0 Å². The van der Waals surface area contributed by atoms with Crippen molar-refractivity contribution in [1.82, 2.24) is 20.0 Å². The van der Waals surface area contributed by atoms with Crippen LogP contribution in [0.4, 0.5) is 10.5 Å². The summed E-state index contributed by atoms with van der Waals surface area (Å²) < 4.78 is 22.7. The Kier molecular flexibility index (Phi) is 23.3. The van der Waals surface area contributed by atoms with Crippen molar-refractivity contribution in [3.05, 3.63) is 65.7 Å². The first-order valence-electron chi connectivity index (χ1n) is 24.5. The van der Waals surface area contributed by atoms with Crippen molar-refractivity contribution in [2.45, 2.75) is 144 Å². The minimum absolute atomic E-state index is 0.0469. The number of Topliss-reactive ketones (excluding diaryl/α,β-unsaturated/α-hetero) is 1. The second-order valence-electron chi connectivity index (χ2n) is 19.6. The Hall–Kier alpha value is -5.35. The highest BCUT2D eigenvalue weighted by Crippen LogP contribution is 2.31. The number of amides is 5. The lowest BCUT2D eigenvalue weighted by atomic mass is 9.83. The molecule has 0 aromatic heterocycles. The number of ether oxygens (including phenoxy) is 4.